The Balaban J connectivity index is 1.54. The number of nitrogens with one attached hydrogen (secondary N) is 2. The number of hydrogen-bond donors (Lipinski definition) is 2. The molecule has 1 saturated carbocycles. The molecule has 1 aliphatic rings. The van der Waals surface area contributed by atoms with Gasteiger partial charge in [0.25, 0.3) is 0 Å². The molecule has 0 saturated heterocycles. The van der Waals surface area contributed by atoms with E-state index in [-0.39, 0.29) is 0 Å². The fraction of sp³-hybridized carbons (Fsp3) is 0.542. The summed E-state index contributed by atoms with van der Waals surface area (Å²) in [6.45, 7) is 4.34. The number of benzene rings is 1. The second-order valence-corrected chi connectivity index (χ2v) is 10.3. The van der Waals surface area contributed by atoms with Crippen LogP contribution in [0.15, 0.2) is 52.1 Å². The summed E-state index contributed by atoms with van der Waals surface area (Å²) in [5.41, 5.74) is 2.54. The van der Waals surface area contributed by atoms with Gasteiger partial charge in [-0.15, -0.1) is 0 Å². The van der Waals surface area contributed by atoms with Crippen LogP contribution in [0.1, 0.15) is 49.5 Å². The number of furan rings is 1. The third-order valence-electron chi connectivity index (χ3n) is 5.86. The van der Waals surface area contributed by atoms with Gasteiger partial charge in [-0.05, 0) is 49.6 Å². The highest BCUT2D eigenvalue weighted by atomic mass is 32.2. The van der Waals surface area contributed by atoms with Gasteiger partial charge < -0.3 is 15.1 Å². The van der Waals surface area contributed by atoms with Crippen molar-refractivity contribution in [1.29, 1.82) is 0 Å². The van der Waals surface area contributed by atoms with Gasteiger partial charge in [-0.25, -0.2) is 0 Å². The van der Waals surface area contributed by atoms with Gasteiger partial charge in [0.2, 0.25) is 0 Å². The van der Waals surface area contributed by atoms with Crippen LogP contribution in [-0.4, -0.2) is 46.2 Å². The summed E-state index contributed by atoms with van der Waals surface area (Å²) >= 11 is 0. The first-order chi connectivity index (χ1) is 15.1. The van der Waals surface area contributed by atoms with Gasteiger partial charge in [-0.3, -0.25) is 14.1 Å². The van der Waals surface area contributed by atoms with E-state index in [1.165, 1.54) is 11.1 Å². The van der Waals surface area contributed by atoms with Crippen molar-refractivity contribution in [2.24, 2.45) is 4.99 Å². The van der Waals surface area contributed by atoms with E-state index in [9.17, 15) is 4.21 Å². The van der Waals surface area contributed by atoms with Gasteiger partial charge in [-0.2, -0.15) is 0 Å². The van der Waals surface area contributed by atoms with Crippen LogP contribution in [0.3, 0.4) is 0 Å². The first-order valence-electron chi connectivity index (χ1n) is 11.2. The Morgan fingerprint density at radius 1 is 1.19 bits per heavy atom. The van der Waals surface area contributed by atoms with Crippen molar-refractivity contribution in [2.45, 2.75) is 63.5 Å². The van der Waals surface area contributed by atoms with Crippen molar-refractivity contribution in [3.63, 3.8) is 0 Å². The van der Waals surface area contributed by atoms with Crippen LogP contribution >= 0.6 is 0 Å². The largest absolute Gasteiger partial charge is 0.468 e. The molecule has 31 heavy (non-hydrogen) atoms. The number of nitrogens with zero attached hydrogens (tertiary/aromatic N) is 2. The zero-order chi connectivity index (χ0) is 22.1. The zero-order valence-corrected chi connectivity index (χ0v) is 19.8. The van der Waals surface area contributed by atoms with Crippen molar-refractivity contribution >= 4 is 16.8 Å². The van der Waals surface area contributed by atoms with Gasteiger partial charge in [0.15, 0.2) is 5.96 Å². The summed E-state index contributed by atoms with van der Waals surface area (Å²) in [6.07, 6.45) is 5.97. The Hall–Kier alpha value is -2.12. The molecule has 3 atom stereocenters. The highest BCUT2D eigenvalue weighted by Gasteiger charge is 2.26. The van der Waals surface area contributed by atoms with Gasteiger partial charge in [0.1, 0.15) is 5.76 Å². The van der Waals surface area contributed by atoms with Gasteiger partial charge in [0, 0.05) is 48.0 Å². The van der Waals surface area contributed by atoms with Gasteiger partial charge in [0.05, 0.1) is 12.8 Å². The van der Waals surface area contributed by atoms with E-state index in [0.717, 1.165) is 56.2 Å². The Morgan fingerprint density at radius 2 is 2.00 bits per heavy atom. The lowest BCUT2D eigenvalue weighted by Gasteiger charge is -2.30. The maximum Gasteiger partial charge on any atom is 0.191 e. The summed E-state index contributed by atoms with van der Waals surface area (Å²) in [7, 11) is 3.20. The Kier molecular flexibility index (Phi) is 9.15. The monoisotopic (exact) mass is 444 g/mol. The summed E-state index contributed by atoms with van der Waals surface area (Å²) in [4.78, 5) is 6.67. The molecule has 3 rings (SSSR count). The molecule has 1 aromatic heterocycles. The second kappa shape index (κ2) is 12.1. The molecular weight excluding hydrogens is 408 g/mol. The number of rotatable bonds is 9. The molecule has 6 nitrogen and oxygen atoms in total. The van der Waals surface area contributed by atoms with E-state index < -0.39 is 10.8 Å². The molecule has 7 heteroatoms. The van der Waals surface area contributed by atoms with Crippen LogP contribution < -0.4 is 10.6 Å². The summed E-state index contributed by atoms with van der Waals surface area (Å²) in [5.74, 6) is 2.53. The van der Waals surface area contributed by atoms with E-state index in [2.05, 4.69) is 51.8 Å². The van der Waals surface area contributed by atoms with Gasteiger partial charge in [-0.1, -0.05) is 37.6 Å². The highest BCUT2D eigenvalue weighted by molar-refractivity contribution is 7.85. The van der Waals surface area contributed by atoms with E-state index >= 15 is 0 Å². The number of hydrogen-bond acceptors (Lipinski definition) is 4. The minimum atomic E-state index is -0.717. The van der Waals surface area contributed by atoms with Crippen LogP contribution in [0.4, 0.5) is 0 Å². The average Bonchev–Trinajstić information content (AvgIpc) is 3.30. The Morgan fingerprint density at radius 3 is 2.71 bits per heavy atom. The van der Waals surface area contributed by atoms with E-state index in [1.54, 1.807) is 6.26 Å². The van der Waals surface area contributed by atoms with Gasteiger partial charge >= 0.3 is 0 Å². The molecule has 1 aromatic carbocycles. The fourth-order valence-electron chi connectivity index (χ4n) is 4.22. The van der Waals surface area contributed by atoms with Crippen LogP contribution in [0.2, 0.25) is 0 Å². The third-order valence-corrected chi connectivity index (χ3v) is 7.60. The smallest absolute Gasteiger partial charge is 0.191 e. The summed E-state index contributed by atoms with van der Waals surface area (Å²) < 4.78 is 17.7. The molecule has 1 fully saturated rings. The normalized spacial score (nSPS) is 20.6. The minimum Gasteiger partial charge on any atom is -0.468 e. The quantitative estimate of drug-likeness (QED) is 0.456. The lowest BCUT2D eigenvalue weighted by molar-refractivity contribution is 0.287. The Labute approximate surface area is 189 Å². The van der Waals surface area contributed by atoms with Crippen molar-refractivity contribution in [1.82, 2.24) is 15.5 Å². The first kappa shape index (κ1) is 23.5. The lowest BCUT2D eigenvalue weighted by Crippen LogP contribution is -2.46. The molecule has 1 heterocycles. The molecule has 0 spiro atoms. The lowest BCUT2D eigenvalue weighted by atomic mass is 9.95. The minimum absolute atomic E-state index is 0.305. The van der Waals surface area contributed by atoms with E-state index in [0.29, 0.717) is 17.8 Å². The van der Waals surface area contributed by atoms with Crippen LogP contribution in [0.5, 0.6) is 0 Å². The highest BCUT2D eigenvalue weighted by Crippen LogP contribution is 2.23. The first-order valence-corrected chi connectivity index (χ1v) is 12.6. The standard InChI is InChI=1S/C24H36N4O2S/c1-4-31(29)23-13-7-11-21(15-23)27-24(25-2)26-16-19-9-5-6-10-20(19)17-28(3)18-22-12-8-14-30-22/h5-6,8-10,12,14,21,23H,4,7,11,13,15-18H2,1-3H3,(H2,25,26,27). The zero-order valence-electron chi connectivity index (χ0n) is 19.0. The SMILES string of the molecule is CCS(=O)C1CCCC(NC(=NC)NCc2ccccc2CN(C)Cc2ccco2)C1. The molecule has 0 radical (unpaired) electrons. The molecule has 170 valence electrons. The van der Waals surface area contributed by atoms with Crippen molar-refractivity contribution in [3.05, 3.63) is 59.5 Å². The Bertz CT molecular complexity index is 853. The molecule has 2 N–H and O–H groups in total. The maximum atomic E-state index is 12.2. The topological polar surface area (TPSA) is 69.9 Å². The van der Waals surface area contributed by atoms with E-state index in [1.807, 2.05) is 26.1 Å². The number of aliphatic imine (C=N–C) groups is 1. The predicted molar refractivity (Wildman–Crippen MR) is 128 cm³/mol. The summed E-state index contributed by atoms with van der Waals surface area (Å²) in [5, 5.41) is 7.34. The molecule has 2 aromatic rings. The average molecular weight is 445 g/mol. The number of guanidine groups is 1. The summed E-state index contributed by atoms with van der Waals surface area (Å²) in [6, 6.07) is 12.8. The molecule has 0 aliphatic heterocycles. The fourth-order valence-corrected chi connectivity index (χ4v) is 5.56. The van der Waals surface area contributed by atoms with Crippen molar-refractivity contribution < 1.29 is 8.63 Å². The molecule has 3 unspecified atom stereocenters. The third kappa shape index (κ3) is 7.21. The second-order valence-electron chi connectivity index (χ2n) is 8.25. The van der Waals surface area contributed by atoms with E-state index in [4.69, 9.17) is 4.42 Å². The molecule has 0 bridgehead atoms. The van der Waals surface area contributed by atoms with Crippen LogP contribution in [0, 0.1) is 0 Å². The molecule has 0 amide bonds. The maximum absolute atomic E-state index is 12.2. The molecule has 1 aliphatic carbocycles. The van der Waals surface area contributed by atoms with Crippen molar-refractivity contribution in [3.8, 4) is 0 Å². The van der Waals surface area contributed by atoms with Crippen molar-refractivity contribution in [2.75, 3.05) is 19.8 Å². The molecular formula is C24H36N4O2S. The predicted octanol–water partition coefficient (Wildman–Crippen LogP) is 3.66. The van der Waals surface area contributed by atoms with Crippen LogP contribution in [0.25, 0.3) is 0 Å². The van der Waals surface area contributed by atoms with Crippen LogP contribution in [-0.2, 0) is 30.4 Å².